The van der Waals surface area contributed by atoms with Crippen LogP contribution in [-0.2, 0) is 0 Å². The number of hydrogen-bond donors (Lipinski definition) is 1. The van der Waals surface area contributed by atoms with Crippen LogP contribution < -0.4 is 4.90 Å². The Balaban J connectivity index is 1.88. The largest absolute Gasteiger partial charge is 0.341 e. The van der Waals surface area contributed by atoms with E-state index in [9.17, 15) is 0 Å². The molecule has 0 radical (unpaired) electrons. The van der Waals surface area contributed by atoms with Crippen molar-refractivity contribution in [2.24, 2.45) is 5.92 Å². The lowest BCUT2D eigenvalue weighted by Crippen LogP contribution is -2.33. The van der Waals surface area contributed by atoms with Gasteiger partial charge in [0, 0.05) is 19.1 Å². The molecule has 100 valence electrons. The Morgan fingerprint density at radius 2 is 2.00 bits per heavy atom. The summed E-state index contributed by atoms with van der Waals surface area (Å²) in [7, 11) is 2.15. The summed E-state index contributed by atoms with van der Waals surface area (Å²) in [5, 5.41) is 7.45. The molecule has 0 bridgehead atoms. The molecule has 2 saturated carbocycles. The van der Waals surface area contributed by atoms with Gasteiger partial charge in [-0.2, -0.15) is 0 Å². The van der Waals surface area contributed by atoms with E-state index in [1.54, 1.807) is 0 Å². The van der Waals surface area contributed by atoms with E-state index in [4.69, 9.17) is 12.2 Å². The van der Waals surface area contributed by atoms with Crippen LogP contribution in [0.3, 0.4) is 0 Å². The van der Waals surface area contributed by atoms with Crippen molar-refractivity contribution in [3.63, 3.8) is 0 Å². The van der Waals surface area contributed by atoms with Crippen molar-refractivity contribution < 1.29 is 0 Å². The first-order valence-corrected chi connectivity index (χ1v) is 7.49. The van der Waals surface area contributed by atoms with E-state index in [2.05, 4.69) is 33.6 Å². The first kappa shape index (κ1) is 12.2. The summed E-state index contributed by atoms with van der Waals surface area (Å²) in [6.45, 7) is 2.30. The number of hydrogen-bond acceptors (Lipinski definition) is 3. The van der Waals surface area contributed by atoms with Crippen molar-refractivity contribution >= 4 is 18.2 Å². The molecule has 0 saturated heterocycles. The van der Waals surface area contributed by atoms with Gasteiger partial charge in [-0.15, -0.1) is 5.10 Å². The van der Waals surface area contributed by atoms with Gasteiger partial charge in [-0.1, -0.05) is 12.8 Å². The van der Waals surface area contributed by atoms with Gasteiger partial charge in [0.25, 0.3) is 0 Å². The zero-order valence-corrected chi connectivity index (χ0v) is 12.0. The summed E-state index contributed by atoms with van der Waals surface area (Å²) in [6, 6.07) is 1.12. The Labute approximate surface area is 113 Å². The van der Waals surface area contributed by atoms with Crippen LogP contribution in [0.5, 0.6) is 0 Å². The monoisotopic (exact) mass is 266 g/mol. The molecule has 18 heavy (non-hydrogen) atoms. The molecule has 4 nitrogen and oxygen atoms in total. The third-order valence-electron chi connectivity index (χ3n) is 4.61. The van der Waals surface area contributed by atoms with E-state index in [1.807, 2.05) is 0 Å². The maximum absolute atomic E-state index is 5.41. The van der Waals surface area contributed by atoms with Crippen LogP contribution >= 0.6 is 12.2 Å². The molecule has 5 heteroatoms. The second-order valence-electron chi connectivity index (χ2n) is 5.83. The van der Waals surface area contributed by atoms with E-state index >= 15 is 0 Å². The Morgan fingerprint density at radius 3 is 2.61 bits per heavy atom. The van der Waals surface area contributed by atoms with Crippen LogP contribution in [-0.4, -0.2) is 27.9 Å². The quantitative estimate of drug-likeness (QED) is 0.850. The molecule has 1 unspecified atom stereocenters. The summed E-state index contributed by atoms with van der Waals surface area (Å²) in [5.74, 6) is 1.88. The summed E-state index contributed by atoms with van der Waals surface area (Å²) in [5.41, 5.74) is 0. The Hall–Kier alpha value is -0.840. The van der Waals surface area contributed by atoms with Gasteiger partial charge in [0.2, 0.25) is 5.95 Å². The van der Waals surface area contributed by atoms with Crippen LogP contribution in [0.25, 0.3) is 0 Å². The highest BCUT2D eigenvalue weighted by Gasteiger charge is 2.33. The average Bonchev–Trinajstić information content (AvgIpc) is 2.94. The van der Waals surface area contributed by atoms with Crippen LogP contribution in [0.4, 0.5) is 5.95 Å². The number of aromatic nitrogens is 3. The van der Waals surface area contributed by atoms with Crippen LogP contribution in [0.15, 0.2) is 0 Å². The van der Waals surface area contributed by atoms with Crippen molar-refractivity contribution in [2.45, 2.75) is 57.5 Å². The predicted octanol–water partition coefficient (Wildman–Crippen LogP) is 3.29. The van der Waals surface area contributed by atoms with E-state index < -0.39 is 0 Å². The van der Waals surface area contributed by atoms with E-state index in [0.717, 1.165) is 16.6 Å². The van der Waals surface area contributed by atoms with Crippen molar-refractivity contribution in [3.8, 4) is 0 Å². The molecule has 0 aromatic carbocycles. The zero-order valence-electron chi connectivity index (χ0n) is 11.2. The second kappa shape index (κ2) is 4.68. The highest BCUT2D eigenvalue weighted by atomic mass is 32.1. The number of nitrogens with one attached hydrogen (secondary N) is 1. The highest BCUT2D eigenvalue weighted by molar-refractivity contribution is 7.71. The third kappa shape index (κ3) is 2.09. The van der Waals surface area contributed by atoms with Gasteiger partial charge >= 0.3 is 0 Å². The minimum absolute atomic E-state index is 0.556. The van der Waals surface area contributed by atoms with E-state index in [-0.39, 0.29) is 0 Å². The molecule has 0 spiro atoms. The average molecular weight is 266 g/mol. The standard InChI is InChI=1S/C13H22N4S/c1-9(10-7-8-10)16(2)12-14-15-13(18)17(12)11-5-3-4-6-11/h9-11H,3-8H2,1-2H3,(H,15,18). The molecule has 2 aliphatic carbocycles. The molecule has 1 aromatic heterocycles. The molecule has 1 aromatic rings. The lowest BCUT2D eigenvalue weighted by molar-refractivity contribution is 0.495. The summed E-state index contributed by atoms with van der Waals surface area (Å²) in [4.78, 5) is 2.31. The first-order valence-electron chi connectivity index (χ1n) is 7.08. The first-order chi connectivity index (χ1) is 8.68. The Morgan fingerprint density at radius 1 is 1.33 bits per heavy atom. The fourth-order valence-corrected chi connectivity index (χ4v) is 3.39. The predicted molar refractivity (Wildman–Crippen MR) is 75.5 cm³/mol. The van der Waals surface area contributed by atoms with Gasteiger partial charge in [-0.25, -0.2) is 5.10 Å². The normalized spacial score (nSPS) is 22.3. The van der Waals surface area contributed by atoms with Crippen molar-refractivity contribution in [2.75, 3.05) is 11.9 Å². The smallest absolute Gasteiger partial charge is 0.225 e. The van der Waals surface area contributed by atoms with E-state index in [1.165, 1.54) is 38.5 Å². The van der Waals surface area contributed by atoms with Gasteiger partial charge in [0.15, 0.2) is 4.77 Å². The van der Waals surface area contributed by atoms with Gasteiger partial charge in [-0.05, 0) is 50.7 Å². The number of H-pyrrole nitrogens is 1. The molecule has 1 N–H and O–H groups in total. The molecule has 2 fully saturated rings. The SMILES string of the molecule is CC(C1CC1)N(C)c1n[nH]c(=S)n1C1CCCC1. The fourth-order valence-electron chi connectivity index (χ4n) is 3.11. The minimum atomic E-state index is 0.556. The van der Waals surface area contributed by atoms with Gasteiger partial charge < -0.3 is 4.90 Å². The van der Waals surface area contributed by atoms with Crippen LogP contribution in [0, 0.1) is 10.7 Å². The number of rotatable bonds is 4. The minimum Gasteiger partial charge on any atom is -0.341 e. The maximum Gasteiger partial charge on any atom is 0.225 e. The van der Waals surface area contributed by atoms with Crippen molar-refractivity contribution in [1.29, 1.82) is 0 Å². The summed E-state index contributed by atoms with van der Waals surface area (Å²) in [6.07, 6.45) is 7.84. The fraction of sp³-hybridized carbons (Fsp3) is 0.846. The molecule has 1 heterocycles. The highest BCUT2D eigenvalue weighted by Crippen LogP contribution is 2.37. The van der Waals surface area contributed by atoms with Gasteiger partial charge in [0.05, 0.1) is 0 Å². The lowest BCUT2D eigenvalue weighted by Gasteiger charge is -2.27. The lowest BCUT2D eigenvalue weighted by atomic mass is 10.2. The summed E-state index contributed by atoms with van der Waals surface area (Å²) < 4.78 is 3.04. The molecular weight excluding hydrogens is 244 g/mol. The van der Waals surface area contributed by atoms with Crippen molar-refractivity contribution in [3.05, 3.63) is 4.77 Å². The van der Waals surface area contributed by atoms with Gasteiger partial charge in [0.1, 0.15) is 0 Å². The molecule has 3 rings (SSSR count). The Kier molecular flexibility index (Phi) is 3.18. The zero-order chi connectivity index (χ0) is 12.7. The number of aromatic amines is 1. The molecule has 1 atom stereocenters. The summed E-state index contributed by atoms with van der Waals surface area (Å²) >= 11 is 5.41. The third-order valence-corrected chi connectivity index (χ3v) is 4.89. The molecular formula is C13H22N4S. The van der Waals surface area contributed by atoms with Crippen LogP contribution in [0.2, 0.25) is 0 Å². The Bertz CT molecular complexity index is 468. The van der Waals surface area contributed by atoms with Crippen molar-refractivity contribution in [1.82, 2.24) is 14.8 Å². The molecule has 2 aliphatic rings. The maximum atomic E-state index is 5.41. The molecule has 0 aliphatic heterocycles. The number of anilines is 1. The van der Waals surface area contributed by atoms with Crippen LogP contribution in [0.1, 0.15) is 51.5 Å². The molecule has 0 amide bonds. The van der Waals surface area contributed by atoms with E-state index in [0.29, 0.717) is 12.1 Å². The number of nitrogens with zero attached hydrogens (tertiary/aromatic N) is 3. The van der Waals surface area contributed by atoms with Gasteiger partial charge in [-0.3, -0.25) is 4.57 Å². The second-order valence-corrected chi connectivity index (χ2v) is 6.21. The topological polar surface area (TPSA) is 36.9 Å².